The standard InChI is InChI=1S/C17H21N3O11/c1-5-27-17(24)13-11(20(25)26)6-18-19(13)16-15(30-10(4)23)14(29-9(3)22)12(31-16)7-28-8(2)21/h6,12,14-16H,5,7H2,1-4H3. The second kappa shape index (κ2) is 9.97. The van der Waals surface area contributed by atoms with Gasteiger partial charge >= 0.3 is 29.6 Å². The predicted octanol–water partition coefficient (Wildman–Crippen LogP) is 0.292. The minimum atomic E-state index is -1.43. The number of hydrogen-bond donors (Lipinski definition) is 0. The number of carbonyl (C=O) groups excluding carboxylic acids is 4. The van der Waals surface area contributed by atoms with Gasteiger partial charge in [0.2, 0.25) is 5.69 Å². The first-order chi connectivity index (χ1) is 14.6. The Morgan fingerprint density at radius 1 is 1.10 bits per heavy atom. The van der Waals surface area contributed by atoms with E-state index in [9.17, 15) is 29.3 Å². The average molecular weight is 443 g/mol. The molecule has 0 bridgehead atoms. The topological polar surface area (TPSA) is 175 Å². The van der Waals surface area contributed by atoms with Crippen molar-refractivity contribution in [3.05, 3.63) is 22.0 Å². The number of aromatic nitrogens is 2. The summed E-state index contributed by atoms with van der Waals surface area (Å²) in [7, 11) is 0. The average Bonchev–Trinajstić information content (AvgIpc) is 3.22. The van der Waals surface area contributed by atoms with Gasteiger partial charge in [0, 0.05) is 20.8 Å². The Kier molecular flexibility index (Phi) is 7.63. The van der Waals surface area contributed by atoms with E-state index in [-0.39, 0.29) is 13.2 Å². The molecule has 0 aromatic carbocycles. The molecule has 0 saturated carbocycles. The molecule has 4 atom stereocenters. The van der Waals surface area contributed by atoms with Gasteiger partial charge in [-0.1, -0.05) is 0 Å². The van der Waals surface area contributed by atoms with Crippen molar-refractivity contribution in [1.29, 1.82) is 0 Å². The Morgan fingerprint density at radius 3 is 2.23 bits per heavy atom. The molecule has 0 spiro atoms. The fourth-order valence-corrected chi connectivity index (χ4v) is 2.97. The number of nitrogens with zero attached hydrogens (tertiary/aromatic N) is 3. The third kappa shape index (κ3) is 5.53. The molecule has 1 aliphatic rings. The van der Waals surface area contributed by atoms with E-state index in [0.717, 1.165) is 31.6 Å². The molecule has 14 nitrogen and oxygen atoms in total. The van der Waals surface area contributed by atoms with Crippen LogP contribution in [0.1, 0.15) is 44.4 Å². The van der Waals surface area contributed by atoms with E-state index in [2.05, 4.69) is 5.10 Å². The molecule has 1 aromatic heterocycles. The lowest BCUT2D eigenvalue weighted by atomic mass is 10.1. The molecule has 4 unspecified atom stereocenters. The van der Waals surface area contributed by atoms with Crippen molar-refractivity contribution >= 4 is 29.6 Å². The summed E-state index contributed by atoms with van der Waals surface area (Å²) in [6, 6.07) is 0. The zero-order chi connectivity index (χ0) is 23.3. The molecule has 1 aliphatic heterocycles. The second-order valence-electron chi connectivity index (χ2n) is 6.32. The number of esters is 4. The Hall–Kier alpha value is -3.55. The van der Waals surface area contributed by atoms with Gasteiger partial charge in [0.25, 0.3) is 0 Å². The van der Waals surface area contributed by atoms with Gasteiger partial charge in [0.05, 0.1) is 11.5 Å². The van der Waals surface area contributed by atoms with Gasteiger partial charge in [0.1, 0.15) is 18.9 Å². The lowest BCUT2D eigenvalue weighted by Crippen LogP contribution is -2.41. The first kappa shape index (κ1) is 23.7. The third-order valence-corrected chi connectivity index (χ3v) is 4.02. The van der Waals surface area contributed by atoms with Crippen molar-refractivity contribution in [3.8, 4) is 0 Å². The van der Waals surface area contributed by atoms with Crippen molar-refractivity contribution in [2.24, 2.45) is 0 Å². The molecule has 2 heterocycles. The molecule has 0 radical (unpaired) electrons. The van der Waals surface area contributed by atoms with Crippen molar-refractivity contribution in [2.45, 2.75) is 52.2 Å². The van der Waals surface area contributed by atoms with Crippen LogP contribution in [0.3, 0.4) is 0 Å². The van der Waals surface area contributed by atoms with E-state index in [1.807, 2.05) is 0 Å². The van der Waals surface area contributed by atoms with Crippen molar-refractivity contribution in [1.82, 2.24) is 9.78 Å². The van der Waals surface area contributed by atoms with Crippen LogP contribution in [0.2, 0.25) is 0 Å². The van der Waals surface area contributed by atoms with Crippen molar-refractivity contribution < 1.29 is 47.8 Å². The fraction of sp³-hybridized carbons (Fsp3) is 0.588. The maximum Gasteiger partial charge on any atom is 0.363 e. The zero-order valence-corrected chi connectivity index (χ0v) is 17.1. The van der Waals surface area contributed by atoms with Gasteiger partial charge in [-0.3, -0.25) is 24.5 Å². The van der Waals surface area contributed by atoms with Crippen LogP contribution in [-0.4, -0.2) is 70.1 Å². The van der Waals surface area contributed by atoms with E-state index < -0.39 is 64.7 Å². The Bertz CT molecular complexity index is 881. The number of rotatable bonds is 8. The summed E-state index contributed by atoms with van der Waals surface area (Å²) >= 11 is 0. The summed E-state index contributed by atoms with van der Waals surface area (Å²) in [5.74, 6) is -3.26. The highest BCUT2D eigenvalue weighted by Crippen LogP contribution is 2.36. The Balaban J connectivity index is 2.54. The number of carbonyl (C=O) groups is 4. The maximum atomic E-state index is 12.4. The first-order valence-electron chi connectivity index (χ1n) is 9.09. The Labute approximate surface area is 175 Å². The minimum Gasteiger partial charge on any atom is -0.463 e. The molecule has 0 N–H and O–H groups in total. The van der Waals surface area contributed by atoms with E-state index in [1.54, 1.807) is 0 Å². The predicted molar refractivity (Wildman–Crippen MR) is 96.5 cm³/mol. The van der Waals surface area contributed by atoms with E-state index in [4.69, 9.17) is 23.7 Å². The highest BCUT2D eigenvalue weighted by molar-refractivity contribution is 5.92. The molecule has 0 aliphatic carbocycles. The monoisotopic (exact) mass is 443 g/mol. The smallest absolute Gasteiger partial charge is 0.363 e. The normalized spacial score (nSPS) is 22.5. The van der Waals surface area contributed by atoms with Crippen LogP contribution in [-0.2, 0) is 38.1 Å². The quantitative estimate of drug-likeness (QED) is 0.233. The Morgan fingerprint density at radius 2 is 1.71 bits per heavy atom. The molecule has 1 fully saturated rings. The summed E-state index contributed by atoms with van der Waals surface area (Å²) in [6.45, 7) is 4.37. The van der Waals surface area contributed by atoms with Crippen LogP contribution in [0.5, 0.6) is 0 Å². The summed E-state index contributed by atoms with van der Waals surface area (Å²) in [5.41, 5.74) is -1.24. The number of nitro groups is 1. The van der Waals surface area contributed by atoms with Gasteiger partial charge in [0.15, 0.2) is 18.4 Å². The lowest BCUT2D eigenvalue weighted by molar-refractivity contribution is -0.385. The van der Waals surface area contributed by atoms with Crippen LogP contribution in [0.15, 0.2) is 6.20 Å². The van der Waals surface area contributed by atoms with Gasteiger partial charge in [-0.2, -0.15) is 5.10 Å². The summed E-state index contributed by atoms with van der Waals surface area (Å²) < 4.78 is 26.7. The molecule has 0 amide bonds. The maximum absolute atomic E-state index is 12.4. The number of hydrogen-bond acceptors (Lipinski definition) is 12. The van der Waals surface area contributed by atoms with Gasteiger partial charge < -0.3 is 23.7 Å². The van der Waals surface area contributed by atoms with Crippen LogP contribution in [0.25, 0.3) is 0 Å². The van der Waals surface area contributed by atoms with E-state index >= 15 is 0 Å². The van der Waals surface area contributed by atoms with Crippen LogP contribution in [0.4, 0.5) is 5.69 Å². The SMILES string of the molecule is CCOC(=O)c1c([N+](=O)[O-])cnn1C1OC(COC(C)=O)C(OC(C)=O)C1OC(C)=O. The van der Waals surface area contributed by atoms with Gasteiger partial charge in [-0.15, -0.1) is 0 Å². The van der Waals surface area contributed by atoms with Crippen LogP contribution in [0, 0.1) is 10.1 Å². The zero-order valence-electron chi connectivity index (χ0n) is 17.1. The van der Waals surface area contributed by atoms with Gasteiger partial charge in [-0.25, -0.2) is 9.48 Å². The molecule has 31 heavy (non-hydrogen) atoms. The van der Waals surface area contributed by atoms with E-state index in [0.29, 0.717) is 0 Å². The third-order valence-electron chi connectivity index (χ3n) is 4.02. The van der Waals surface area contributed by atoms with E-state index in [1.165, 1.54) is 6.92 Å². The fourth-order valence-electron chi connectivity index (χ4n) is 2.97. The molecule has 14 heteroatoms. The molecule has 1 saturated heterocycles. The molecular weight excluding hydrogens is 422 g/mol. The van der Waals surface area contributed by atoms with Crippen molar-refractivity contribution in [3.63, 3.8) is 0 Å². The highest BCUT2D eigenvalue weighted by atomic mass is 16.7. The summed E-state index contributed by atoms with van der Waals surface area (Å²) in [5, 5.41) is 15.2. The summed E-state index contributed by atoms with van der Waals surface area (Å²) in [4.78, 5) is 57.4. The first-order valence-corrected chi connectivity index (χ1v) is 9.09. The van der Waals surface area contributed by atoms with Gasteiger partial charge in [-0.05, 0) is 6.92 Å². The second-order valence-corrected chi connectivity index (χ2v) is 6.32. The molecule has 1 aromatic rings. The number of ether oxygens (including phenoxy) is 5. The highest BCUT2D eigenvalue weighted by Gasteiger charge is 2.52. The lowest BCUT2D eigenvalue weighted by Gasteiger charge is -2.23. The summed E-state index contributed by atoms with van der Waals surface area (Å²) in [6.07, 6.45) is -4.37. The molecule has 170 valence electrons. The van der Waals surface area contributed by atoms with Crippen molar-refractivity contribution in [2.75, 3.05) is 13.2 Å². The van der Waals surface area contributed by atoms with Crippen LogP contribution >= 0.6 is 0 Å². The molecular formula is C17H21N3O11. The largest absolute Gasteiger partial charge is 0.463 e. The molecule has 2 rings (SSSR count). The van der Waals surface area contributed by atoms with Crippen LogP contribution < -0.4 is 0 Å². The minimum absolute atomic E-state index is 0.0782.